The topological polar surface area (TPSA) is 83.9 Å². The summed E-state index contributed by atoms with van der Waals surface area (Å²) in [5.74, 6) is -1.34. The number of sulfonamides is 1. The third-order valence-corrected chi connectivity index (χ3v) is 5.33. The Balaban J connectivity index is 2.15. The van der Waals surface area contributed by atoms with E-state index in [2.05, 4.69) is 4.74 Å². The molecule has 0 radical (unpaired) electrons. The first-order valence-electron chi connectivity index (χ1n) is 5.70. The van der Waals surface area contributed by atoms with Crippen molar-refractivity contribution in [3.63, 3.8) is 0 Å². The van der Waals surface area contributed by atoms with Crippen molar-refractivity contribution in [3.8, 4) is 0 Å². The van der Waals surface area contributed by atoms with E-state index in [1.54, 1.807) is 0 Å². The molecule has 0 aromatic carbocycles. The largest absolute Gasteiger partial charge is 0.468 e. The van der Waals surface area contributed by atoms with Crippen LogP contribution in [0.3, 0.4) is 0 Å². The number of hydrogen-bond acceptors (Lipinski definition) is 5. The lowest BCUT2D eigenvalue weighted by Crippen LogP contribution is -2.49. The van der Waals surface area contributed by atoms with Gasteiger partial charge in [0.05, 0.1) is 13.2 Å². The SMILES string of the molecule is COC(=O)CS(=O)(=O)N1C2CCC1CC(O)C2. The molecule has 2 aliphatic rings. The smallest absolute Gasteiger partial charge is 0.322 e. The zero-order valence-electron chi connectivity index (χ0n) is 9.70. The van der Waals surface area contributed by atoms with Crippen LogP contribution in [0.25, 0.3) is 0 Å². The van der Waals surface area contributed by atoms with Crippen LogP contribution < -0.4 is 0 Å². The molecule has 0 aromatic rings. The first-order valence-corrected chi connectivity index (χ1v) is 7.31. The lowest BCUT2D eigenvalue weighted by atomic mass is 10.0. The summed E-state index contributed by atoms with van der Waals surface area (Å²) in [6.45, 7) is 0. The van der Waals surface area contributed by atoms with Gasteiger partial charge in [-0.15, -0.1) is 0 Å². The maximum absolute atomic E-state index is 12.1. The Morgan fingerprint density at radius 2 is 1.88 bits per heavy atom. The molecule has 0 saturated carbocycles. The quantitative estimate of drug-likeness (QED) is 0.692. The van der Waals surface area contributed by atoms with Crippen LogP contribution in [0.15, 0.2) is 0 Å². The molecule has 6 nitrogen and oxygen atoms in total. The lowest BCUT2D eigenvalue weighted by molar-refractivity contribution is -0.137. The van der Waals surface area contributed by atoms with Crippen LogP contribution in [-0.4, -0.2) is 54.8 Å². The van der Waals surface area contributed by atoms with Gasteiger partial charge in [-0.05, 0) is 25.7 Å². The molecule has 2 fully saturated rings. The standard InChI is InChI=1S/C10H17NO5S/c1-16-10(13)6-17(14,15)11-7-2-3-8(11)5-9(12)4-7/h7-9,12H,2-6H2,1H3. The predicted octanol–water partition coefficient (Wildman–Crippen LogP) is -0.523. The van der Waals surface area contributed by atoms with Crippen molar-refractivity contribution < 1.29 is 23.1 Å². The van der Waals surface area contributed by atoms with E-state index in [0.29, 0.717) is 12.8 Å². The fraction of sp³-hybridized carbons (Fsp3) is 0.900. The van der Waals surface area contributed by atoms with E-state index in [9.17, 15) is 18.3 Å². The molecule has 2 unspecified atom stereocenters. The Morgan fingerprint density at radius 1 is 1.35 bits per heavy atom. The average molecular weight is 263 g/mol. The molecular formula is C10H17NO5S. The molecule has 2 rings (SSSR count). The van der Waals surface area contributed by atoms with E-state index in [1.807, 2.05) is 0 Å². The number of nitrogens with zero attached hydrogens (tertiary/aromatic N) is 1. The van der Waals surface area contributed by atoms with Crippen LogP contribution in [0.1, 0.15) is 25.7 Å². The molecule has 0 spiro atoms. The zero-order chi connectivity index (χ0) is 12.6. The molecule has 2 bridgehead atoms. The number of hydrogen-bond donors (Lipinski definition) is 1. The second-order valence-electron chi connectivity index (χ2n) is 4.67. The molecule has 2 heterocycles. The first kappa shape index (κ1) is 12.8. The molecule has 2 aliphatic heterocycles. The van der Waals surface area contributed by atoms with Gasteiger partial charge in [0.15, 0.2) is 5.75 Å². The number of aliphatic hydroxyl groups excluding tert-OH is 1. The van der Waals surface area contributed by atoms with Crippen molar-refractivity contribution in [3.05, 3.63) is 0 Å². The average Bonchev–Trinajstić information content (AvgIpc) is 2.52. The molecule has 0 aliphatic carbocycles. The fourth-order valence-corrected chi connectivity index (χ4v) is 4.70. The number of piperidine rings is 1. The Hall–Kier alpha value is -0.660. The van der Waals surface area contributed by atoms with E-state index in [4.69, 9.17) is 0 Å². The van der Waals surface area contributed by atoms with Crippen molar-refractivity contribution in [1.82, 2.24) is 4.31 Å². The van der Waals surface area contributed by atoms with Crippen molar-refractivity contribution in [2.75, 3.05) is 12.9 Å². The van der Waals surface area contributed by atoms with Gasteiger partial charge < -0.3 is 9.84 Å². The van der Waals surface area contributed by atoms with Crippen LogP contribution in [0.2, 0.25) is 0 Å². The van der Waals surface area contributed by atoms with Crippen LogP contribution in [0, 0.1) is 0 Å². The van der Waals surface area contributed by atoms with Gasteiger partial charge in [0, 0.05) is 12.1 Å². The minimum absolute atomic E-state index is 0.154. The fourth-order valence-electron chi connectivity index (χ4n) is 2.84. The number of ether oxygens (including phenoxy) is 1. The van der Waals surface area contributed by atoms with E-state index in [1.165, 1.54) is 11.4 Å². The summed E-state index contributed by atoms with van der Waals surface area (Å²) in [4.78, 5) is 11.1. The number of carbonyl (C=O) groups is 1. The highest BCUT2D eigenvalue weighted by Crippen LogP contribution is 2.37. The van der Waals surface area contributed by atoms with Gasteiger partial charge in [0.1, 0.15) is 0 Å². The van der Waals surface area contributed by atoms with E-state index >= 15 is 0 Å². The van der Waals surface area contributed by atoms with Gasteiger partial charge in [0.2, 0.25) is 10.0 Å². The molecule has 2 atom stereocenters. The van der Waals surface area contributed by atoms with Gasteiger partial charge in [-0.3, -0.25) is 4.79 Å². The van der Waals surface area contributed by atoms with Gasteiger partial charge >= 0.3 is 5.97 Å². The summed E-state index contributed by atoms with van der Waals surface area (Å²) in [6.07, 6.45) is 2.05. The summed E-state index contributed by atoms with van der Waals surface area (Å²) < 4.78 is 29.9. The number of fused-ring (bicyclic) bond motifs is 2. The van der Waals surface area contributed by atoms with Crippen LogP contribution >= 0.6 is 0 Å². The molecule has 17 heavy (non-hydrogen) atoms. The number of esters is 1. The highest BCUT2D eigenvalue weighted by Gasteiger charge is 2.46. The molecule has 0 aromatic heterocycles. The van der Waals surface area contributed by atoms with Crippen LogP contribution in [0.5, 0.6) is 0 Å². The monoisotopic (exact) mass is 263 g/mol. The second-order valence-corrected chi connectivity index (χ2v) is 6.55. The maximum atomic E-state index is 12.1. The van der Waals surface area contributed by atoms with Gasteiger partial charge in [-0.2, -0.15) is 4.31 Å². The molecule has 98 valence electrons. The van der Waals surface area contributed by atoms with Gasteiger partial charge in [-0.25, -0.2) is 8.42 Å². The summed E-state index contributed by atoms with van der Waals surface area (Å²) in [5.41, 5.74) is 0. The van der Waals surface area contributed by atoms with E-state index in [-0.39, 0.29) is 12.1 Å². The summed E-state index contributed by atoms with van der Waals surface area (Å²) in [5, 5.41) is 9.59. The van der Waals surface area contributed by atoms with Crippen LogP contribution in [-0.2, 0) is 19.6 Å². The Morgan fingerprint density at radius 3 is 2.35 bits per heavy atom. The van der Waals surface area contributed by atoms with E-state index in [0.717, 1.165) is 12.8 Å². The van der Waals surface area contributed by atoms with Gasteiger partial charge in [-0.1, -0.05) is 0 Å². The molecular weight excluding hydrogens is 246 g/mol. The number of carbonyl (C=O) groups excluding carboxylic acids is 1. The van der Waals surface area contributed by atoms with Crippen molar-refractivity contribution in [1.29, 1.82) is 0 Å². The number of methoxy groups -OCH3 is 1. The molecule has 7 heteroatoms. The molecule has 0 amide bonds. The highest BCUT2D eigenvalue weighted by atomic mass is 32.2. The van der Waals surface area contributed by atoms with Crippen molar-refractivity contribution in [2.24, 2.45) is 0 Å². The maximum Gasteiger partial charge on any atom is 0.322 e. The van der Waals surface area contributed by atoms with E-state index < -0.39 is 27.8 Å². The van der Waals surface area contributed by atoms with Crippen molar-refractivity contribution >= 4 is 16.0 Å². The number of rotatable bonds is 3. The lowest BCUT2D eigenvalue weighted by Gasteiger charge is -2.35. The Bertz CT molecular complexity index is 393. The third-order valence-electron chi connectivity index (χ3n) is 3.49. The Kier molecular flexibility index (Phi) is 3.42. The zero-order valence-corrected chi connectivity index (χ0v) is 10.5. The summed E-state index contributed by atoms with van der Waals surface area (Å²) in [6, 6.07) is -0.309. The number of aliphatic hydroxyl groups is 1. The minimum Gasteiger partial charge on any atom is -0.468 e. The minimum atomic E-state index is -3.61. The molecule has 1 N–H and O–H groups in total. The third kappa shape index (κ3) is 2.46. The summed E-state index contributed by atoms with van der Waals surface area (Å²) in [7, 11) is -2.43. The summed E-state index contributed by atoms with van der Waals surface area (Å²) >= 11 is 0. The normalized spacial score (nSPS) is 33.6. The predicted molar refractivity (Wildman–Crippen MR) is 59.7 cm³/mol. The second kappa shape index (κ2) is 4.55. The van der Waals surface area contributed by atoms with Gasteiger partial charge in [0.25, 0.3) is 0 Å². The Labute approximate surface area is 101 Å². The highest BCUT2D eigenvalue weighted by molar-refractivity contribution is 7.89. The van der Waals surface area contributed by atoms with Crippen molar-refractivity contribution in [2.45, 2.75) is 43.9 Å². The molecule has 2 saturated heterocycles. The first-order chi connectivity index (χ1) is 7.94. The van der Waals surface area contributed by atoms with Crippen LogP contribution in [0.4, 0.5) is 0 Å².